The van der Waals surface area contributed by atoms with E-state index in [-0.39, 0.29) is 17.4 Å². The van der Waals surface area contributed by atoms with Crippen molar-refractivity contribution in [2.24, 2.45) is 11.7 Å². The van der Waals surface area contributed by atoms with Gasteiger partial charge in [0, 0.05) is 5.41 Å². The predicted octanol–water partition coefficient (Wildman–Crippen LogP) is 2.64. The van der Waals surface area contributed by atoms with Gasteiger partial charge in [0.25, 0.3) is 0 Å². The van der Waals surface area contributed by atoms with Gasteiger partial charge >= 0.3 is 5.97 Å². The van der Waals surface area contributed by atoms with Gasteiger partial charge in [-0.1, -0.05) is 20.8 Å². The zero-order valence-electron chi connectivity index (χ0n) is 11.3. The van der Waals surface area contributed by atoms with E-state index >= 15 is 0 Å². The molecule has 1 aliphatic carbocycles. The van der Waals surface area contributed by atoms with Gasteiger partial charge in [0.1, 0.15) is 9.88 Å². The number of methoxy groups -OCH3 is 1. The highest BCUT2D eigenvalue weighted by Crippen LogP contribution is 2.42. The van der Waals surface area contributed by atoms with Gasteiger partial charge < -0.3 is 10.5 Å². The number of carbonyl (C=O) groups is 1. The molecule has 2 N–H and O–H groups in total. The Bertz CT molecular complexity index is 458. The normalized spacial score (nSPS) is 17.6. The van der Waals surface area contributed by atoms with Crippen molar-refractivity contribution < 1.29 is 9.53 Å². The highest BCUT2D eigenvalue weighted by atomic mass is 32.1. The molecule has 2 rings (SSSR count). The summed E-state index contributed by atoms with van der Waals surface area (Å²) in [6.45, 7) is 6.13. The molecule has 0 aliphatic heterocycles. The van der Waals surface area contributed by atoms with Crippen LogP contribution in [0.3, 0.4) is 0 Å². The second-order valence-electron chi connectivity index (χ2n) is 5.83. The Hall–Kier alpha value is -0.940. The summed E-state index contributed by atoms with van der Waals surface area (Å²) in [5.74, 6) is 0.223. The van der Waals surface area contributed by atoms with Crippen LogP contribution in [0, 0.1) is 5.92 Å². The van der Waals surface area contributed by atoms with Gasteiger partial charge in [0.15, 0.2) is 0 Å². The lowest BCUT2D eigenvalue weighted by atomic mass is 9.91. The van der Waals surface area contributed by atoms with E-state index in [0.717, 1.165) is 10.7 Å². The molecule has 0 spiro atoms. The number of nitrogens with two attached hydrogens (primary N) is 1. The average molecular weight is 268 g/mol. The molecule has 5 heteroatoms. The highest BCUT2D eigenvalue weighted by Gasteiger charge is 2.35. The van der Waals surface area contributed by atoms with E-state index in [1.54, 1.807) is 0 Å². The minimum Gasteiger partial charge on any atom is -0.465 e. The van der Waals surface area contributed by atoms with Crippen LogP contribution in [0.15, 0.2) is 0 Å². The standard InChI is InChI=1S/C13H20N2O2S/c1-13(2,3)10-9(12(16)17-4)18-11(15-10)8(14)7-5-6-7/h7-8H,5-6,14H2,1-4H3. The Morgan fingerprint density at radius 1 is 1.50 bits per heavy atom. The van der Waals surface area contributed by atoms with Crippen molar-refractivity contribution in [2.45, 2.75) is 45.1 Å². The molecule has 1 atom stereocenters. The van der Waals surface area contributed by atoms with Crippen molar-refractivity contribution in [1.29, 1.82) is 0 Å². The quantitative estimate of drug-likeness (QED) is 0.856. The van der Waals surface area contributed by atoms with Gasteiger partial charge in [-0.05, 0) is 18.8 Å². The van der Waals surface area contributed by atoms with E-state index in [9.17, 15) is 4.79 Å². The number of hydrogen-bond acceptors (Lipinski definition) is 5. The minimum atomic E-state index is -0.313. The largest absolute Gasteiger partial charge is 0.465 e. The van der Waals surface area contributed by atoms with Gasteiger partial charge in [-0.15, -0.1) is 11.3 Å². The van der Waals surface area contributed by atoms with E-state index in [2.05, 4.69) is 4.98 Å². The first-order chi connectivity index (χ1) is 8.34. The fraction of sp³-hybridized carbons (Fsp3) is 0.692. The SMILES string of the molecule is COC(=O)c1sc(C(N)C2CC2)nc1C(C)(C)C. The van der Waals surface area contributed by atoms with Gasteiger partial charge in [0.05, 0.1) is 18.8 Å². The molecule has 1 fully saturated rings. The van der Waals surface area contributed by atoms with Crippen LogP contribution in [0.2, 0.25) is 0 Å². The van der Waals surface area contributed by atoms with Crippen LogP contribution in [0.1, 0.15) is 60.0 Å². The third kappa shape index (κ3) is 2.57. The molecule has 100 valence electrons. The summed E-state index contributed by atoms with van der Waals surface area (Å²) in [5.41, 5.74) is 6.78. The molecule has 0 saturated heterocycles. The first-order valence-electron chi connectivity index (χ1n) is 6.19. The molecule has 0 radical (unpaired) electrons. The molecule has 1 unspecified atom stereocenters. The van der Waals surface area contributed by atoms with Gasteiger partial charge in [-0.25, -0.2) is 9.78 Å². The highest BCUT2D eigenvalue weighted by molar-refractivity contribution is 7.13. The summed E-state index contributed by atoms with van der Waals surface area (Å²) in [6.07, 6.45) is 2.33. The van der Waals surface area contributed by atoms with Crippen LogP contribution in [0.5, 0.6) is 0 Å². The Kier molecular flexibility index (Phi) is 3.47. The summed E-state index contributed by atoms with van der Waals surface area (Å²) in [4.78, 5) is 17.0. The van der Waals surface area contributed by atoms with Crippen LogP contribution in [0.4, 0.5) is 0 Å². The number of esters is 1. The number of thiazole rings is 1. The Balaban J connectivity index is 2.40. The first kappa shape index (κ1) is 13.5. The van der Waals surface area contributed by atoms with Crippen LogP contribution >= 0.6 is 11.3 Å². The third-order valence-electron chi connectivity index (χ3n) is 3.14. The Morgan fingerprint density at radius 2 is 2.11 bits per heavy atom. The fourth-order valence-electron chi connectivity index (χ4n) is 1.88. The van der Waals surface area contributed by atoms with E-state index in [1.807, 2.05) is 20.8 Å². The maximum Gasteiger partial charge on any atom is 0.350 e. The molecule has 18 heavy (non-hydrogen) atoms. The number of nitrogens with zero attached hydrogens (tertiary/aromatic N) is 1. The van der Waals surface area contributed by atoms with Crippen LogP contribution < -0.4 is 5.73 Å². The molecule has 0 bridgehead atoms. The lowest BCUT2D eigenvalue weighted by molar-refractivity contribution is 0.0603. The lowest BCUT2D eigenvalue weighted by Crippen LogP contribution is -2.17. The topological polar surface area (TPSA) is 65.2 Å². The van der Waals surface area contributed by atoms with Gasteiger partial charge in [0.2, 0.25) is 0 Å². The summed E-state index contributed by atoms with van der Waals surface area (Å²) < 4.78 is 4.83. The van der Waals surface area contributed by atoms with Crippen LogP contribution in [-0.2, 0) is 10.2 Å². The Labute approximate surface area is 112 Å². The second kappa shape index (κ2) is 4.63. The molecular formula is C13H20N2O2S. The average Bonchev–Trinajstić information content (AvgIpc) is 3.03. The van der Waals surface area contributed by atoms with E-state index in [1.165, 1.54) is 31.3 Å². The van der Waals surface area contributed by atoms with E-state index < -0.39 is 0 Å². The fourth-order valence-corrected chi connectivity index (χ4v) is 3.17. The molecule has 1 aromatic heterocycles. The number of aromatic nitrogens is 1. The zero-order chi connectivity index (χ0) is 13.5. The number of hydrogen-bond donors (Lipinski definition) is 1. The van der Waals surface area contributed by atoms with Crippen molar-refractivity contribution in [3.63, 3.8) is 0 Å². The summed E-state index contributed by atoms with van der Waals surface area (Å²) >= 11 is 1.38. The van der Waals surface area contributed by atoms with Crippen molar-refractivity contribution in [1.82, 2.24) is 4.98 Å². The number of carbonyl (C=O) groups excluding carboxylic acids is 1. The number of ether oxygens (including phenoxy) is 1. The molecule has 0 amide bonds. The molecule has 1 saturated carbocycles. The molecule has 1 heterocycles. The smallest absolute Gasteiger partial charge is 0.350 e. The summed E-state index contributed by atoms with van der Waals surface area (Å²) in [5, 5.41) is 0.864. The monoisotopic (exact) mass is 268 g/mol. The van der Waals surface area contributed by atoms with Crippen molar-refractivity contribution in [3.8, 4) is 0 Å². The van der Waals surface area contributed by atoms with E-state index in [0.29, 0.717) is 10.8 Å². The minimum absolute atomic E-state index is 0.0329. The second-order valence-corrected chi connectivity index (χ2v) is 6.87. The molecule has 1 aliphatic rings. The molecule has 1 aromatic rings. The Morgan fingerprint density at radius 3 is 2.56 bits per heavy atom. The lowest BCUT2D eigenvalue weighted by Gasteiger charge is -2.16. The van der Waals surface area contributed by atoms with Crippen LogP contribution in [0.25, 0.3) is 0 Å². The first-order valence-corrected chi connectivity index (χ1v) is 7.01. The zero-order valence-corrected chi connectivity index (χ0v) is 12.1. The van der Waals surface area contributed by atoms with Gasteiger partial charge in [-0.2, -0.15) is 0 Å². The number of rotatable bonds is 3. The summed E-state index contributed by atoms with van der Waals surface area (Å²) in [6, 6.07) is -0.0329. The predicted molar refractivity (Wildman–Crippen MR) is 71.8 cm³/mol. The van der Waals surface area contributed by atoms with Crippen molar-refractivity contribution in [3.05, 3.63) is 15.6 Å². The maximum absolute atomic E-state index is 11.8. The van der Waals surface area contributed by atoms with Gasteiger partial charge in [-0.3, -0.25) is 0 Å². The molecule has 4 nitrogen and oxygen atoms in total. The molecular weight excluding hydrogens is 248 g/mol. The summed E-state index contributed by atoms with van der Waals surface area (Å²) in [7, 11) is 1.40. The van der Waals surface area contributed by atoms with Crippen molar-refractivity contribution >= 4 is 17.3 Å². The maximum atomic E-state index is 11.8. The van der Waals surface area contributed by atoms with E-state index in [4.69, 9.17) is 10.5 Å². The molecule has 0 aromatic carbocycles. The van der Waals surface area contributed by atoms with Crippen LogP contribution in [-0.4, -0.2) is 18.1 Å². The van der Waals surface area contributed by atoms with Crippen molar-refractivity contribution in [2.75, 3.05) is 7.11 Å². The third-order valence-corrected chi connectivity index (χ3v) is 4.28.